The first-order chi connectivity index (χ1) is 9.77. The molecular weight excluding hydrogens is 294 g/mol. The topological polar surface area (TPSA) is 94.9 Å². The fourth-order valence-electron chi connectivity index (χ4n) is 2.03. The van der Waals surface area contributed by atoms with Gasteiger partial charge in [0.25, 0.3) is 0 Å². The van der Waals surface area contributed by atoms with E-state index < -0.39 is 16.0 Å². The molecule has 21 heavy (non-hydrogen) atoms. The fourth-order valence-corrected chi connectivity index (χ4v) is 3.85. The Balaban J connectivity index is 2.97. The van der Waals surface area contributed by atoms with Crippen molar-refractivity contribution in [3.63, 3.8) is 0 Å². The van der Waals surface area contributed by atoms with Crippen molar-refractivity contribution < 1.29 is 23.4 Å². The van der Waals surface area contributed by atoms with E-state index in [0.29, 0.717) is 12.0 Å². The van der Waals surface area contributed by atoms with Gasteiger partial charge in [-0.3, -0.25) is 0 Å². The highest BCUT2D eigenvalue weighted by molar-refractivity contribution is 7.88. The summed E-state index contributed by atoms with van der Waals surface area (Å²) in [7, 11) is -3.56. The smallest absolute Gasteiger partial charge is 0.335 e. The third-order valence-corrected chi connectivity index (χ3v) is 5.01. The third-order valence-electron chi connectivity index (χ3n) is 2.99. The van der Waals surface area contributed by atoms with Crippen LogP contribution in [0.2, 0.25) is 0 Å². The van der Waals surface area contributed by atoms with Crippen molar-refractivity contribution in [2.75, 3.05) is 13.2 Å². The molecule has 7 heteroatoms. The van der Waals surface area contributed by atoms with Crippen molar-refractivity contribution in [1.82, 2.24) is 4.31 Å². The minimum absolute atomic E-state index is 0.0640. The number of carbonyl (C=O) groups is 1. The Morgan fingerprint density at radius 1 is 1.33 bits per heavy atom. The van der Waals surface area contributed by atoms with E-state index in [1.54, 1.807) is 19.9 Å². The van der Waals surface area contributed by atoms with Gasteiger partial charge in [-0.2, -0.15) is 4.31 Å². The maximum Gasteiger partial charge on any atom is 0.335 e. The molecule has 0 aliphatic carbocycles. The van der Waals surface area contributed by atoms with Gasteiger partial charge >= 0.3 is 5.97 Å². The lowest BCUT2D eigenvalue weighted by Gasteiger charge is -2.25. The number of carboxylic acids is 1. The summed E-state index contributed by atoms with van der Waals surface area (Å²) < 4.78 is 26.2. The van der Waals surface area contributed by atoms with E-state index in [-0.39, 0.29) is 30.5 Å². The largest absolute Gasteiger partial charge is 0.478 e. The van der Waals surface area contributed by atoms with Crippen LogP contribution in [-0.2, 0) is 15.8 Å². The summed E-state index contributed by atoms with van der Waals surface area (Å²) in [5, 5.41) is 17.8. The maximum absolute atomic E-state index is 12.4. The summed E-state index contributed by atoms with van der Waals surface area (Å²) in [4.78, 5) is 10.9. The summed E-state index contributed by atoms with van der Waals surface area (Å²) in [5.74, 6) is -1.34. The minimum Gasteiger partial charge on any atom is -0.478 e. The van der Waals surface area contributed by atoms with Crippen LogP contribution in [0.5, 0.6) is 0 Å². The summed E-state index contributed by atoms with van der Waals surface area (Å²) in [6.07, 6.45) is 0.368. The molecule has 6 nitrogen and oxygen atoms in total. The molecule has 0 amide bonds. The average molecular weight is 315 g/mol. The predicted molar refractivity (Wildman–Crippen MR) is 79.6 cm³/mol. The van der Waals surface area contributed by atoms with Crippen LogP contribution in [-0.4, -0.2) is 48.1 Å². The van der Waals surface area contributed by atoms with Gasteiger partial charge in [-0.05, 0) is 38.0 Å². The van der Waals surface area contributed by atoms with E-state index in [0.717, 1.165) is 0 Å². The average Bonchev–Trinajstić information content (AvgIpc) is 2.38. The SMILES string of the molecule is CC(C)N(CCCO)S(=O)(=O)Cc1cccc(C(=O)O)c1. The van der Waals surface area contributed by atoms with Gasteiger partial charge in [0.15, 0.2) is 0 Å². The van der Waals surface area contributed by atoms with Crippen LogP contribution < -0.4 is 0 Å². The zero-order valence-corrected chi connectivity index (χ0v) is 13.0. The molecule has 0 radical (unpaired) electrons. The lowest BCUT2D eigenvalue weighted by Crippen LogP contribution is -2.38. The Kier molecular flexibility index (Phi) is 6.32. The second-order valence-corrected chi connectivity index (χ2v) is 6.96. The van der Waals surface area contributed by atoms with Gasteiger partial charge in [-0.25, -0.2) is 13.2 Å². The van der Waals surface area contributed by atoms with E-state index in [4.69, 9.17) is 10.2 Å². The zero-order chi connectivity index (χ0) is 16.0. The molecule has 0 atom stereocenters. The number of benzene rings is 1. The van der Waals surface area contributed by atoms with E-state index in [9.17, 15) is 13.2 Å². The van der Waals surface area contributed by atoms with Gasteiger partial charge in [0.1, 0.15) is 0 Å². The molecule has 118 valence electrons. The van der Waals surface area contributed by atoms with Gasteiger partial charge in [-0.15, -0.1) is 0 Å². The number of hydrogen-bond acceptors (Lipinski definition) is 4. The van der Waals surface area contributed by atoms with Crippen molar-refractivity contribution in [3.8, 4) is 0 Å². The van der Waals surface area contributed by atoms with Crippen LogP contribution in [0.1, 0.15) is 36.2 Å². The van der Waals surface area contributed by atoms with Gasteiger partial charge in [0, 0.05) is 19.2 Å². The normalized spacial score (nSPS) is 12.0. The van der Waals surface area contributed by atoms with Crippen molar-refractivity contribution in [3.05, 3.63) is 35.4 Å². The molecule has 0 saturated carbocycles. The summed E-state index contributed by atoms with van der Waals surface area (Å²) in [6.45, 7) is 3.70. The van der Waals surface area contributed by atoms with Crippen LogP contribution in [0.3, 0.4) is 0 Å². The molecule has 1 rings (SSSR count). The molecule has 0 bridgehead atoms. The molecule has 0 heterocycles. The van der Waals surface area contributed by atoms with Crippen LogP contribution >= 0.6 is 0 Å². The second kappa shape index (κ2) is 7.53. The highest BCUT2D eigenvalue weighted by Gasteiger charge is 2.25. The molecule has 0 saturated heterocycles. The monoisotopic (exact) mass is 315 g/mol. The Hall–Kier alpha value is -1.44. The quantitative estimate of drug-likeness (QED) is 0.754. The standard InChI is InChI=1S/C14H21NO5S/c1-11(2)15(7-4-8-16)21(19,20)10-12-5-3-6-13(9-12)14(17)18/h3,5-6,9,11,16H,4,7-8,10H2,1-2H3,(H,17,18). The molecule has 0 unspecified atom stereocenters. The molecule has 0 spiro atoms. The van der Waals surface area contributed by atoms with Gasteiger partial charge in [-0.1, -0.05) is 12.1 Å². The number of sulfonamides is 1. The Morgan fingerprint density at radius 2 is 2.00 bits per heavy atom. The second-order valence-electron chi connectivity index (χ2n) is 5.04. The molecule has 0 aromatic heterocycles. The van der Waals surface area contributed by atoms with Crippen molar-refractivity contribution in [1.29, 1.82) is 0 Å². The molecule has 0 aliphatic heterocycles. The highest BCUT2D eigenvalue weighted by Crippen LogP contribution is 2.15. The molecular formula is C14H21NO5S. The number of carboxylic acid groups (broad SMARTS) is 1. The first-order valence-electron chi connectivity index (χ1n) is 6.70. The lowest BCUT2D eigenvalue weighted by molar-refractivity contribution is 0.0696. The minimum atomic E-state index is -3.56. The third kappa shape index (κ3) is 5.11. The van der Waals surface area contributed by atoms with Gasteiger partial charge in [0.05, 0.1) is 11.3 Å². The summed E-state index contributed by atoms with van der Waals surface area (Å²) in [6, 6.07) is 5.69. The van der Waals surface area contributed by atoms with Crippen LogP contribution in [0.4, 0.5) is 0 Å². The lowest BCUT2D eigenvalue weighted by atomic mass is 10.1. The number of aromatic carboxylic acids is 1. The van der Waals surface area contributed by atoms with E-state index in [2.05, 4.69) is 0 Å². The molecule has 0 aliphatic rings. The fraction of sp³-hybridized carbons (Fsp3) is 0.500. The first kappa shape index (κ1) is 17.6. The molecule has 2 N–H and O–H groups in total. The van der Waals surface area contributed by atoms with Gasteiger partial charge in [0.2, 0.25) is 10.0 Å². The Bertz CT molecular complexity index is 583. The number of rotatable bonds is 8. The number of nitrogens with zero attached hydrogens (tertiary/aromatic N) is 1. The van der Waals surface area contributed by atoms with Crippen LogP contribution in [0, 0.1) is 0 Å². The van der Waals surface area contributed by atoms with E-state index in [1.165, 1.54) is 22.5 Å². The number of hydrogen-bond donors (Lipinski definition) is 2. The zero-order valence-electron chi connectivity index (χ0n) is 12.2. The molecule has 1 aromatic rings. The predicted octanol–water partition coefficient (Wildman–Crippen LogP) is 1.31. The van der Waals surface area contributed by atoms with E-state index >= 15 is 0 Å². The molecule has 0 fully saturated rings. The van der Waals surface area contributed by atoms with Crippen LogP contribution in [0.25, 0.3) is 0 Å². The Morgan fingerprint density at radius 3 is 2.52 bits per heavy atom. The number of aliphatic hydroxyl groups excluding tert-OH is 1. The summed E-state index contributed by atoms with van der Waals surface area (Å²) in [5.41, 5.74) is 0.499. The highest BCUT2D eigenvalue weighted by atomic mass is 32.2. The first-order valence-corrected chi connectivity index (χ1v) is 8.31. The molecule has 1 aromatic carbocycles. The number of aliphatic hydroxyl groups is 1. The van der Waals surface area contributed by atoms with Crippen LogP contribution in [0.15, 0.2) is 24.3 Å². The van der Waals surface area contributed by atoms with Crippen molar-refractivity contribution in [2.24, 2.45) is 0 Å². The van der Waals surface area contributed by atoms with E-state index in [1.807, 2.05) is 0 Å². The summed E-state index contributed by atoms with van der Waals surface area (Å²) >= 11 is 0. The van der Waals surface area contributed by atoms with Crippen molar-refractivity contribution >= 4 is 16.0 Å². The maximum atomic E-state index is 12.4. The van der Waals surface area contributed by atoms with Crippen molar-refractivity contribution in [2.45, 2.75) is 32.1 Å². The Labute approximate surface area is 125 Å². The van der Waals surface area contributed by atoms with Gasteiger partial charge < -0.3 is 10.2 Å².